The standard InChI is InChI=1S/C21H26FN5O2.HI/c1-3-24-21(27-12-16-5-4-14(2)18(22)10-16)26-11-15-6-8-17(9-7-15)20(29)25-13-19(23)28;/h4-10H,3,11-13H2,1-2H3,(H2,23,28)(H,25,29)(H2,24,26,27);1H. The lowest BCUT2D eigenvalue weighted by atomic mass is 10.1. The Morgan fingerprint density at radius 3 is 2.30 bits per heavy atom. The number of amides is 2. The molecule has 0 saturated carbocycles. The van der Waals surface area contributed by atoms with Gasteiger partial charge in [-0.3, -0.25) is 9.59 Å². The molecule has 2 rings (SSSR count). The van der Waals surface area contributed by atoms with Crippen molar-refractivity contribution in [2.45, 2.75) is 26.9 Å². The molecule has 30 heavy (non-hydrogen) atoms. The maximum absolute atomic E-state index is 13.7. The van der Waals surface area contributed by atoms with Crippen molar-refractivity contribution in [1.29, 1.82) is 0 Å². The van der Waals surface area contributed by atoms with E-state index in [2.05, 4.69) is 20.9 Å². The molecule has 0 unspecified atom stereocenters. The van der Waals surface area contributed by atoms with Crippen molar-refractivity contribution in [3.8, 4) is 0 Å². The van der Waals surface area contributed by atoms with Crippen LogP contribution < -0.4 is 21.7 Å². The third kappa shape index (κ3) is 8.36. The van der Waals surface area contributed by atoms with Crippen molar-refractivity contribution in [3.63, 3.8) is 0 Å². The van der Waals surface area contributed by atoms with Crippen LogP contribution in [-0.2, 0) is 17.9 Å². The van der Waals surface area contributed by atoms with Gasteiger partial charge in [0.15, 0.2) is 5.96 Å². The minimum Gasteiger partial charge on any atom is -0.368 e. The monoisotopic (exact) mass is 527 g/mol. The first-order chi connectivity index (χ1) is 13.9. The number of guanidine groups is 1. The molecule has 7 nitrogen and oxygen atoms in total. The smallest absolute Gasteiger partial charge is 0.251 e. The van der Waals surface area contributed by atoms with Gasteiger partial charge in [0.05, 0.1) is 13.1 Å². The van der Waals surface area contributed by atoms with Crippen LogP contribution in [0.1, 0.15) is 34.0 Å². The molecule has 2 aromatic carbocycles. The molecule has 0 radical (unpaired) electrons. The van der Waals surface area contributed by atoms with Gasteiger partial charge < -0.3 is 21.7 Å². The summed E-state index contributed by atoms with van der Waals surface area (Å²) >= 11 is 0. The Hall–Kier alpha value is -2.69. The molecule has 2 amide bonds. The number of nitrogens with zero attached hydrogens (tertiary/aromatic N) is 1. The van der Waals surface area contributed by atoms with Crippen molar-refractivity contribution in [2.24, 2.45) is 10.7 Å². The summed E-state index contributed by atoms with van der Waals surface area (Å²) in [7, 11) is 0. The summed E-state index contributed by atoms with van der Waals surface area (Å²) < 4.78 is 13.7. The van der Waals surface area contributed by atoms with Crippen molar-refractivity contribution in [1.82, 2.24) is 16.0 Å². The number of hydrogen-bond acceptors (Lipinski definition) is 3. The molecule has 9 heteroatoms. The first-order valence-electron chi connectivity index (χ1n) is 9.31. The van der Waals surface area contributed by atoms with E-state index < -0.39 is 5.91 Å². The van der Waals surface area contributed by atoms with Crippen LogP contribution in [0.3, 0.4) is 0 Å². The van der Waals surface area contributed by atoms with Crippen LogP contribution in [0.4, 0.5) is 4.39 Å². The number of aliphatic imine (C=N–C) groups is 1. The zero-order valence-electron chi connectivity index (χ0n) is 17.0. The Kier molecular flexibility index (Phi) is 10.8. The van der Waals surface area contributed by atoms with E-state index in [0.29, 0.717) is 36.7 Å². The third-order valence-corrected chi connectivity index (χ3v) is 4.10. The molecular formula is C21H27FIN5O2. The minimum atomic E-state index is -0.595. The number of nitrogens with two attached hydrogens (primary N) is 1. The largest absolute Gasteiger partial charge is 0.368 e. The van der Waals surface area contributed by atoms with Crippen molar-refractivity contribution in [3.05, 3.63) is 70.5 Å². The van der Waals surface area contributed by atoms with E-state index in [0.717, 1.165) is 11.1 Å². The predicted molar refractivity (Wildman–Crippen MR) is 126 cm³/mol. The van der Waals surface area contributed by atoms with Crippen molar-refractivity contribution < 1.29 is 14.0 Å². The van der Waals surface area contributed by atoms with Gasteiger partial charge in [0.2, 0.25) is 5.91 Å². The Balaban J connectivity index is 0.00000450. The third-order valence-electron chi connectivity index (χ3n) is 4.10. The van der Waals surface area contributed by atoms with Crippen LogP contribution >= 0.6 is 24.0 Å². The molecule has 0 heterocycles. The summed E-state index contributed by atoms with van der Waals surface area (Å²) in [5.74, 6) is -0.585. The number of rotatable bonds is 8. The fourth-order valence-corrected chi connectivity index (χ4v) is 2.48. The summed E-state index contributed by atoms with van der Waals surface area (Å²) in [6, 6.07) is 12.1. The number of primary amides is 1. The van der Waals surface area contributed by atoms with Crippen LogP contribution in [-0.4, -0.2) is 30.9 Å². The average molecular weight is 527 g/mol. The Labute approximate surface area is 192 Å². The Morgan fingerprint density at radius 2 is 1.70 bits per heavy atom. The molecule has 5 N–H and O–H groups in total. The zero-order chi connectivity index (χ0) is 21.2. The summed E-state index contributed by atoms with van der Waals surface area (Å²) in [6.07, 6.45) is 0. The quantitative estimate of drug-likeness (QED) is 0.240. The van der Waals surface area contributed by atoms with Crippen LogP contribution in [0.5, 0.6) is 0 Å². The van der Waals surface area contributed by atoms with Crippen LogP contribution in [0.25, 0.3) is 0 Å². The van der Waals surface area contributed by atoms with Crippen LogP contribution in [0.2, 0.25) is 0 Å². The number of carbonyl (C=O) groups is 2. The maximum atomic E-state index is 13.7. The van der Waals surface area contributed by atoms with Gasteiger partial charge in [-0.25, -0.2) is 9.38 Å². The van der Waals surface area contributed by atoms with Gasteiger partial charge in [0, 0.05) is 18.7 Å². The molecule has 0 bridgehead atoms. The predicted octanol–water partition coefficient (Wildman–Crippen LogP) is 2.22. The van der Waals surface area contributed by atoms with Gasteiger partial charge in [-0.15, -0.1) is 24.0 Å². The van der Waals surface area contributed by atoms with Crippen molar-refractivity contribution >= 4 is 41.8 Å². The second-order valence-electron chi connectivity index (χ2n) is 6.48. The SMILES string of the molecule is CCNC(=NCc1ccc(C)c(F)c1)NCc1ccc(C(=O)NCC(N)=O)cc1.I. The molecule has 0 aliphatic carbocycles. The Bertz CT molecular complexity index is 887. The summed E-state index contributed by atoms with van der Waals surface area (Å²) in [5, 5.41) is 8.79. The fraction of sp³-hybridized carbons (Fsp3) is 0.286. The number of halogens is 2. The number of nitrogens with one attached hydrogen (secondary N) is 3. The van der Waals surface area contributed by atoms with Crippen LogP contribution in [0, 0.1) is 12.7 Å². The first kappa shape index (κ1) is 25.3. The van der Waals surface area contributed by atoms with Gasteiger partial charge >= 0.3 is 0 Å². The molecule has 0 saturated heterocycles. The molecule has 0 aliphatic rings. The van der Waals surface area contributed by atoms with E-state index in [1.165, 1.54) is 6.07 Å². The first-order valence-corrected chi connectivity index (χ1v) is 9.31. The number of benzene rings is 2. The van der Waals surface area contributed by atoms with Gasteiger partial charge in [-0.05, 0) is 48.7 Å². The number of carbonyl (C=O) groups excluding carboxylic acids is 2. The molecular weight excluding hydrogens is 500 g/mol. The van der Waals surface area contributed by atoms with E-state index in [-0.39, 0.29) is 42.2 Å². The normalized spacial score (nSPS) is 10.7. The lowest BCUT2D eigenvalue weighted by molar-refractivity contribution is -0.117. The highest BCUT2D eigenvalue weighted by molar-refractivity contribution is 14.0. The molecule has 0 spiro atoms. The Morgan fingerprint density at radius 1 is 1.03 bits per heavy atom. The highest BCUT2D eigenvalue weighted by Crippen LogP contribution is 2.10. The van der Waals surface area contributed by atoms with E-state index in [1.54, 1.807) is 25.1 Å². The van der Waals surface area contributed by atoms with E-state index in [9.17, 15) is 14.0 Å². The number of aryl methyl sites for hydroxylation is 1. The molecule has 162 valence electrons. The summed E-state index contributed by atoms with van der Waals surface area (Å²) in [5.41, 5.74) is 7.80. The zero-order valence-corrected chi connectivity index (χ0v) is 19.3. The fourth-order valence-electron chi connectivity index (χ4n) is 2.48. The van der Waals surface area contributed by atoms with E-state index in [4.69, 9.17) is 5.73 Å². The van der Waals surface area contributed by atoms with E-state index >= 15 is 0 Å². The molecule has 0 atom stereocenters. The minimum absolute atomic E-state index is 0. The second kappa shape index (κ2) is 12.8. The van der Waals surface area contributed by atoms with Crippen LogP contribution in [0.15, 0.2) is 47.5 Å². The summed E-state index contributed by atoms with van der Waals surface area (Å²) in [4.78, 5) is 27.1. The lowest BCUT2D eigenvalue weighted by Crippen LogP contribution is -2.36. The molecule has 0 fully saturated rings. The number of hydrogen-bond donors (Lipinski definition) is 4. The van der Waals surface area contributed by atoms with Gasteiger partial charge in [-0.1, -0.05) is 24.3 Å². The topological polar surface area (TPSA) is 109 Å². The van der Waals surface area contributed by atoms with E-state index in [1.807, 2.05) is 25.1 Å². The average Bonchev–Trinajstić information content (AvgIpc) is 2.71. The van der Waals surface area contributed by atoms with Crippen molar-refractivity contribution in [2.75, 3.05) is 13.1 Å². The lowest BCUT2D eigenvalue weighted by Gasteiger charge is -2.12. The summed E-state index contributed by atoms with van der Waals surface area (Å²) in [6.45, 7) is 5.02. The highest BCUT2D eigenvalue weighted by atomic mass is 127. The maximum Gasteiger partial charge on any atom is 0.251 e. The molecule has 0 aromatic heterocycles. The highest BCUT2D eigenvalue weighted by Gasteiger charge is 2.06. The van der Waals surface area contributed by atoms with Gasteiger partial charge in [-0.2, -0.15) is 0 Å². The molecule has 0 aliphatic heterocycles. The van der Waals surface area contributed by atoms with Gasteiger partial charge in [0.25, 0.3) is 5.91 Å². The van der Waals surface area contributed by atoms with Gasteiger partial charge in [0.1, 0.15) is 5.82 Å². The second-order valence-corrected chi connectivity index (χ2v) is 6.48. The molecule has 2 aromatic rings.